The van der Waals surface area contributed by atoms with E-state index >= 15 is 0 Å². The molecular weight excluding hydrogens is 378 g/mol. The normalized spacial score (nSPS) is 16.8. The van der Waals surface area contributed by atoms with Crippen LogP contribution in [-0.2, 0) is 4.74 Å². The number of nitrogens with zero attached hydrogens (tertiary/aromatic N) is 1. The van der Waals surface area contributed by atoms with Gasteiger partial charge in [0, 0.05) is 30.1 Å². The molecule has 0 saturated carbocycles. The number of hydrogen-bond donors (Lipinski definition) is 0. The van der Waals surface area contributed by atoms with Gasteiger partial charge < -0.3 is 14.4 Å². The molecule has 1 unspecified atom stereocenters. The van der Waals surface area contributed by atoms with Crippen LogP contribution in [0.1, 0.15) is 62.4 Å². The number of rotatable bonds is 6. The number of carbonyl (C=O) groups is 2. The van der Waals surface area contributed by atoms with Crippen LogP contribution in [0.2, 0.25) is 0 Å². The van der Waals surface area contributed by atoms with Crippen molar-refractivity contribution < 1.29 is 19.1 Å². The Morgan fingerprint density at radius 1 is 0.967 bits per heavy atom. The van der Waals surface area contributed by atoms with Crippen molar-refractivity contribution >= 4 is 11.9 Å². The molecule has 0 radical (unpaired) electrons. The third-order valence-electron chi connectivity index (χ3n) is 5.13. The number of likely N-dealkylation sites (tertiary alicyclic amines) is 1. The summed E-state index contributed by atoms with van der Waals surface area (Å²) < 4.78 is 11.4. The molecule has 1 heterocycles. The maximum atomic E-state index is 12.5. The Balaban J connectivity index is 1.52. The smallest absolute Gasteiger partial charge is 0.410 e. The second-order valence-corrected chi connectivity index (χ2v) is 8.68. The number of ether oxygens (including phenoxy) is 2. The second-order valence-electron chi connectivity index (χ2n) is 8.68. The number of ketones is 1. The number of piperidine rings is 1. The summed E-state index contributed by atoms with van der Waals surface area (Å²) in [6.07, 6.45) is 3.60. The van der Waals surface area contributed by atoms with Crippen molar-refractivity contribution in [1.82, 2.24) is 4.90 Å². The average Bonchev–Trinajstić information content (AvgIpc) is 2.73. The highest BCUT2D eigenvalue weighted by Crippen LogP contribution is 2.23. The Hall–Kier alpha value is -2.82. The van der Waals surface area contributed by atoms with Crippen molar-refractivity contribution in [3.63, 3.8) is 0 Å². The molecule has 3 rings (SSSR count). The molecule has 160 valence electrons. The maximum absolute atomic E-state index is 12.5. The molecule has 5 heteroatoms. The van der Waals surface area contributed by atoms with Crippen LogP contribution in [0.4, 0.5) is 4.79 Å². The SMILES string of the molecule is CC(C)(C)OC(=O)N1CCCCC1CCOc1ccc(C(=O)c2ccccc2)cc1. The lowest BCUT2D eigenvalue weighted by molar-refractivity contribution is 0.00743. The number of amides is 1. The fourth-order valence-electron chi connectivity index (χ4n) is 3.63. The van der Waals surface area contributed by atoms with Gasteiger partial charge in [0.05, 0.1) is 6.61 Å². The summed E-state index contributed by atoms with van der Waals surface area (Å²) in [5.41, 5.74) is 0.816. The molecule has 2 aromatic carbocycles. The molecule has 1 amide bonds. The zero-order valence-corrected chi connectivity index (χ0v) is 18.1. The lowest BCUT2D eigenvalue weighted by Gasteiger charge is -2.36. The monoisotopic (exact) mass is 409 g/mol. The van der Waals surface area contributed by atoms with E-state index in [1.807, 2.05) is 68.1 Å². The molecule has 0 N–H and O–H groups in total. The van der Waals surface area contributed by atoms with Crippen molar-refractivity contribution in [2.45, 2.75) is 58.1 Å². The summed E-state index contributed by atoms with van der Waals surface area (Å²) >= 11 is 0. The minimum absolute atomic E-state index is 0.00245. The van der Waals surface area contributed by atoms with E-state index in [-0.39, 0.29) is 17.9 Å². The quantitative estimate of drug-likeness (QED) is 0.593. The Kier molecular flexibility index (Phi) is 7.14. The first-order valence-corrected chi connectivity index (χ1v) is 10.7. The summed E-state index contributed by atoms with van der Waals surface area (Å²) in [5.74, 6) is 0.719. The summed E-state index contributed by atoms with van der Waals surface area (Å²) in [6, 6.07) is 16.6. The zero-order valence-electron chi connectivity index (χ0n) is 18.1. The highest BCUT2D eigenvalue weighted by Gasteiger charge is 2.30. The topological polar surface area (TPSA) is 55.8 Å². The predicted molar refractivity (Wildman–Crippen MR) is 117 cm³/mol. The van der Waals surface area contributed by atoms with E-state index in [9.17, 15) is 9.59 Å². The number of hydrogen-bond acceptors (Lipinski definition) is 4. The van der Waals surface area contributed by atoms with Crippen LogP contribution in [0.5, 0.6) is 5.75 Å². The van der Waals surface area contributed by atoms with E-state index in [2.05, 4.69) is 0 Å². The van der Waals surface area contributed by atoms with Gasteiger partial charge in [-0.25, -0.2) is 4.79 Å². The van der Waals surface area contributed by atoms with Gasteiger partial charge in [-0.2, -0.15) is 0 Å². The van der Waals surface area contributed by atoms with Gasteiger partial charge in [0.1, 0.15) is 11.4 Å². The van der Waals surface area contributed by atoms with Gasteiger partial charge in [-0.15, -0.1) is 0 Å². The predicted octanol–water partition coefficient (Wildman–Crippen LogP) is 5.48. The van der Waals surface area contributed by atoms with Gasteiger partial charge in [-0.05, 0) is 64.3 Å². The van der Waals surface area contributed by atoms with Gasteiger partial charge in [-0.3, -0.25) is 4.79 Å². The minimum atomic E-state index is -0.492. The van der Waals surface area contributed by atoms with E-state index in [1.165, 1.54) is 0 Å². The Bertz CT molecular complexity index is 840. The fourth-order valence-corrected chi connectivity index (χ4v) is 3.63. The standard InChI is InChI=1S/C25H31NO4/c1-25(2,3)30-24(28)26-17-8-7-11-21(26)16-18-29-22-14-12-20(13-15-22)23(27)19-9-5-4-6-10-19/h4-6,9-10,12-15,21H,7-8,11,16-18H2,1-3H3. The summed E-state index contributed by atoms with van der Waals surface area (Å²) in [4.78, 5) is 26.8. The molecule has 0 aromatic heterocycles. The first-order chi connectivity index (χ1) is 14.3. The molecule has 1 aliphatic rings. The molecule has 0 spiro atoms. The Morgan fingerprint density at radius 2 is 1.63 bits per heavy atom. The molecule has 30 heavy (non-hydrogen) atoms. The van der Waals surface area contributed by atoms with Crippen LogP contribution >= 0.6 is 0 Å². The van der Waals surface area contributed by atoms with Crippen molar-refractivity contribution in [2.75, 3.05) is 13.2 Å². The van der Waals surface area contributed by atoms with Gasteiger partial charge in [0.15, 0.2) is 5.78 Å². The van der Waals surface area contributed by atoms with E-state index in [0.29, 0.717) is 17.7 Å². The molecule has 1 saturated heterocycles. The van der Waals surface area contributed by atoms with Gasteiger partial charge >= 0.3 is 6.09 Å². The molecule has 1 fully saturated rings. The summed E-state index contributed by atoms with van der Waals surface area (Å²) in [6.45, 7) is 6.91. The molecular formula is C25H31NO4. The van der Waals surface area contributed by atoms with Crippen LogP contribution in [0.25, 0.3) is 0 Å². The highest BCUT2D eigenvalue weighted by molar-refractivity contribution is 6.08. The van der Waals surface area contributed by atoms with E-state index in [1.54, 1.807) is 12.1 Å². The summed E-state index contributed by atoms with van der Waals surface area (Å²) in [7, 11) is 0. The summed E-state index contributed by atoms with van der Waals surface area (Å²) in [5, 5.41) is 0. The lowest BCUT2D eigenvalue weighted by atomic mass is 10.0. The third-order valence-corrected chi connectivity index (χ3v) is 5.13. The van der Waals surface area contributed by atoms with E-state index in [4.69, 9.17) is 9.47 Å². The number of carbonyl (C=O) groups excluding carboxylic acids is 2. The van der Waals surface area contributed by atoms with Crippen LogP contribution in [0.3, 0.4) is 0 Å². The van der Waals surface area contributed by atoms with Crippen LogP contribution in [-0.4, -0.2) is 41.6 Å². The molecule has 5 nitrogen and oxygen atoms in total. The van der Waals surface area contributed by atoms with Gasteiger partial charge in [-0.1, -0.05) is 30.3 Å². The third kappa shape index (κ3) is 6.09. The minimum Gasteiger partial charge on any atom is -0.494 e. The Labute approximate surface area is 179 Å². The van der Waals surface area contributed by atoms with Crippen molar-refractivity contribution in [3.8, 4) is 5.75 Å². The van der Waals surface area contributed by atoms with Crippen molar-refractivity contribution in [2.24, 2.45) is 0 Å². The maximum Gasteiger partial charge on any atom is 0.410 e. The second kappa shape index (κ2) is 9.79. The lowest BCUT2D eigenvalue weighted by Crippen LogP contribution is -2.46. The van der Waals surface area contributed by atoms with Crippen LogP contribution in [0.15, 0.2) is 54.6 Å². The molecule has 0 bridgehead atoms. The molecule has 1 atom stereocenters. The fraction of sp³-hybridized carbons (Fsp3) is 0.440. The first kappa shape index (κ1) is 21.9. The molecule has 1 aliphatic heterocycles. The Morgan fingerprint density at radius 3 is 2.30 bits per heavy atom. The molecule has 0 aliphatic carbocycles. The number of benzene rings is 2. The first-order valence-electron chi connectivity index (χ1n) is 10.7. The highest BCUT2D eigenvalue weighted by atomic mass is 16.6. The largest absolute Gasteiger partial charge is 0.494 e. The van der Waals surface area contributed by atoms with Crippen molar-refractivity contribution in [1.29, 1.82) is 0 Å². The van der Waals surface area contributed by atoms with Gasteiger partial charge in [0.25, 0.3) is 0 Å². The van der Waals surface area contributed by atoms with Crippen LogP contribution < -0.4 is 4.74 Å². The van der Waals surface area contributed by atoms with E-state index in [0.717, 1.165) is 38.0 Å². The van der Waals surface area contributed by atoms with Crippen molar-refractivity contribution in [3.05, 3.63) is 65.7 Å². The van der Waals surface area contributed by atoms with E-state index < -0.39 is 5.60 Å². The zero-order chi connectivity index (χ0) is 21.6. The van der Waals surface area contributed by atoms with Gasteiger partial charge in [0.2, 0.25) is 0 Å². The average molecular weight is 410 g/mol. The molecule has 2 aromatic rings. The van der Waals surface area contributed by atoms with Crippen LogP contribution in [0, 0.1) is 0 Å².